The molecule has 1 saturated heterocycles. The third-order valence-electron chi connectivity index (χ3n) is 6.95. The predicted molar refractivity (Wildman–Crippen MR) is 134 cm³/mol. The van der Waals surface area contributed by atoms with E-state index < -0.39 is 17.6 Å². The molecule has 1 fully saturated rings. The average molecular weight is 515 g/mol. The molecule has 1 heterocycles. The molecule has 0 bridgehead atoms. The molecule has 3 aromatic carbocycles. The van der Waals surface area contributed by atoms with Gasteiger partial charge in [-0.2, -0.15) is 13.2 Å². The number of hydrogen-bond acceptors (Lipinski definition) is 3. The molecule has 0 aromatic heterocycles. The van der Waals surface area contributed by atoms with Gasteiger partial charge in [0.05, 0.1) is 5.56 Å². The van der Waals surface area contributed by atoms with E-state index in [-0.39, 0.29) is 29.5 Å². The largest absolute Gasteiger partial charge is 0.508 e. The van der Waals surface area contributed by atoms with E-state index in [9.17, 15) is 27.5 Å². The molecule has 1 aliphatic heterocycles. The van der Waals surface area contributed by atoms with Crippen molar-refractivity contribution in [3.8, 4) is 5.75 Å². The van der Waals surface area contributed by atoms with Crippen LogP contribution in [0.25, 0.3) is 0 Å². The van der Waals surface area contributed by atoms with Gasteiger partial charge in [0.2, 0.25) is 0 Å². The summed E-state index contributed by atoms with van der Waals surface area (Å²) >= 11 is 0. The quantitative estimate of drug-likeness (QED) is 0.376. The van der Waals surface area contributed by atoms with Crippen molar-refractivity contribution in [1.29, 1.82) is 0 Å². The summed E-state index contributed by atoms with van der Waals surface area (Å²) in [5.74, 6) is -0.932. The standard InChI is InChI=1S/C29H30F4N2O2/c1-19(2)35(28(37)20-10-12-25(30)13-11-20)17-23-16-34(15-22-6-3-4-9-27(22)36)18-26(23)21-7-5-8-24(14-21)29(31,32)33/h3-14,19,23,26,36H,15-18H2,1-2H3/t23-,26-/m0/s1. The molecular formula is C29H30F4N2O2. The number of likely N-dealkylation sites (tertiary alicyclic amines) is 1. The van der Waals surface area contributed by atoms with E-state index in [1.807, 2.05) is 26.0 Å². The number of alkyl halides is 3. The zero-order chi connectivity index (χ0) is 26.7. The van der Waals surface area contributed by atoms with Crippen LogP contribution in [0.2, 0.25) is 0 Å². The van der Waals surface area contributed by atoms with E-state index in [4.69, 9.17) is 0 Å². The first kappa shape index (κ1) is 26.7. The lowest BCUT2D eigenvalue weighted by molar-refractivity contribution is -0.137. The minimum absolute atomic E-state index is 0.152. The van der Waals surface area contributed by atoms with Crippen LogP contribution in [-0.2, 0) is 12.7 Å². The summed E-state index contributed by atoms with van der Waals surface area (Å²) < 4.78 is 53.9. The molecule has 0 saturated carbocycles. The van der Waals surface area contributed by atoms with Crippen molar-refractivity contribution >= 4 is 5.91 Å². The van der Waals surface area contributed by atoms with Crippen LogP contribution in [0.3, 0.4) is 0 Å². The minimum Gasteiger partial charge on any atom is -0.508 e. The first-order chi connectivity index (χ1) is 17.5. The van der Waals surface area contributed by atoms with E-state index in [0.717, 1.165) is 11.6 Å². The summed E-state index contributed by atoms with van der Waals surface area (Å²) in [4.78, 5) is 17.1. The van der Waals surface area contributed by atoms with E-state index in [1.54, 1.807) is 23.1 Å². The fourth-order valence-corrected chi connectivity index (χ4v) is 5.02. The topological polar surface area (TPSA) is 43.8 Å². The molecule has 2 atom stereocenters. The molecular weight excluding hydrogens is 484 g/mol. The minimum atomic E-state index is -4.46. The van der Waals surface area contributed by atoms with Crippen LogP contribution in [0.15, 0.2) is 72.8 Å². The number of amides is 1. The first-order valence-electron chi connectivity index (χ1n) is 12.3. The van der Waals surface area contributed by atoms with Gasteiger partial charge in [-0.25, -0.2) is 4.39 Å². The third-order valence-corrected chi connectivity index (χ3v) is 6.95. The lowest BCUT2D eigenvalue weighted by atomic mass is 9.87. The monoisotopic (exact) mass is 514 g/mol. The van der Waals surface area contributed by atoms with Gasteiger partial charge in [-0.15, -0.1) is 0 Å². The number of carbonyl (C=O) groups is 1. The molecule has 0 spiro atoms. The lowest BCUT2D eigenvalue weighted by Crippen LogP contribution is -2.42. The molecule has 3 aromatic rings. The maximum atomic E-state index is 13.5. The molecule has 1 aliphatic rings. The molecule has 1 amide bonds. The maximum Gasteiger partial charge on any atom is 0.416 e. The van der Waals surface area contributed by atoms with E-state index in [1.165, 1.54) is 36.4 Å². The molecule has 1 N–H and O–H groups in total. The number of aromatic hydroxyl groups is 1. The Labute approximate surface area is 214 Å². The van der Waals surface area contributed by atoms with E-state index in [2.05, 4.69) is 4.90 Å². The Kier molecular flexibility index (Phi) is 7.87. The maximum absolute atomic E-state index is 13.5. The van der Waals surface area contributed by atoms with Gasteiger partial charge in [0, 0.05) is 49.3 Å². The molecule has 0 radical (unpaired) electrons. The van der Waals surface area contributed by atoms with Crippen LogP contribution < -0.4 is 0 Å². The predicted octanol–water partition coefficient (Wildman–Crippen LogP) is 6.32. The molecule has 4 rings (SSSR count). The van der Waals surface area contributed by atoms with Gasteiger partial charge in [-0.05, 0) is 61.7 Å². The normalized spacial score (nSPS) is 18.4. The second kappa shape index (κ2) is 10.9. The number of para-hydroxylation sites is 1. The average Bonchev–Trinajstić information content (AvgIpc) is 3.26. The van der Waals surface area contributed by atoms with Gasteiger partial charge in [-0.3, -0.25) is 9.69 Å². The highest BCUT2D eigenvalue weighted by Crippen LogP contribution is 2.38. The van der Waals surface area contributed by atoms with Gasteiger partial charge in [0.1, 0.15) is 11.6 Å². The second-order valence-electron chi connectivity index (χ2n) is 9.87. The van der Waals surface area contributed by atoms with Crippen molar-refractivity contribution in [2.24, 2.45) is 5.92 Å². The molecule has 8 heteroatoms. The van der Waals surface area contributed by atoms with Gasteiger partial charge >= 0.3 is 6.18 Å². The number of phenolic OH excluding ortho intramolecular Hbond substituents is 1. The van der Waals surface area contributed by atoms with Crippen molar-refractivity contribution in [2.75, 3.05) is 19.6 Å². The fourth-order valence-electron chi connectivity index (χ4n) is 5.02. The summed E-state index contributed by atoms with van der Waals surface area (Å²) in [6.45, 7) is 5.55. The number of phenols is 1. The SMILES string of the molecule is CC(C)N(C[C@@H]1CN(Cc2ccccc2O)C[C@H]1c1cccc(C(F)(F)F)c1)C(=O)c1ccc(F)cc1. The Bertz CT molecular complexity index is 1230. The summed E-state index contributed by atoms with van der Waals surface area (Å²) in [5, 5.41) is 10.3. The van der Waals surface area contributed by atoms with E-state index in [0.29, 0.717) is 37.3 Å². The van der Waals surface area contributed by atoms with Crippen LogP contribution in [0.4, 0.5) is 17.6 Å². The Hall–Kier alpha value is -3.39. The van der Waals surface area contributed by atoms with Crippen LogP contribution >= 0.6 is 0 Å². The van der Waals surface area contributed by atoms with Crippen LogP contribution in [-0.4, -0.2) is 46.5 Å². The zero-order valence-electron chi connectivity index (χ0n) is 20.8. The van der Waals surface area contributed by atoms with Gasteiger partial charge < -0.3 is 10.0 Å². The molecule has 4 nitrogen and oxygen atoms in total. The van der Waals surface area contributed by atoms with Gasteiger partial charge in [0.15, 0.2) is 0 Å². The number of halogens is 4. The van der Waals surface area contributed by atoms with Crippen LogP contribution in [0.5, 0.6) is 5.75 Å². The third kappa shape index (κ3) is 6.31. The van der Waals surface area contributed by atoms with Crippen molar-refractivity contribution < 1.29 is 27.5 Å². The van der Waals surface area contributed by atoms with Crippen LogP contribution in [0, 0.1) is 11.7 Å². The number of carbonyl (C=O) groups excluding carboxylic acids is 1. The number of benzene rings is 3. The highest BCUT2D eigenvalue weighted by atomic mass is 19.4. The highest BCUT2D eigenvalue weighted by molar-refractivity contribution is 5.94. The van der Waals surface area contributed by atoms with Crippen molar-refractivity contribution in [2.45, 2.75) is 38.5 Å². The Morgan fingerprint density at radius 2 is 1.73 bits per heavy atom. The fraction of sp³-hybridized carbons (Fsp3) is 0.345. The number of rotatable bonds is 7. The Morgan fingerprint density at radius 1 is 1.03 bits per heavy atom. The number of hydrogen-bond donors (Lipinski definition) is 1. The molecule has 37 heavy (non-hydrogen) atoms. The smallest absolute Gasteiger partial charge is 0.416 e. The Morgan fingerprint density at radius 3 is 2.38 bits per heavy atom. The summed E-state index contributed by atoms with van der Waals surface area (Å²) in [5.41, 5.74) is 0.951. The van der Waals surface area contributed by atoms with Crippen molar-refractivity contribution in [1.82, 2.24) is 9.80 Å². The highest BCUT2D eigenvalue weighted by Gasteiger charge is 2.38. The summed E-state index contributed by atoms with van der Waals surface area (Å²) in [6.07, 6.45) is -4.46. The molecule has 196 valence electrons. The Balaban J connectivity index is 1.63. The molecule has 0 aliphatic carbocycles. The van der Waals surface area contributed by atoms with Crippen LogP contribution in [0.1, 0.15) is 46.8 Å². The first-order valence-corrected chi connectivity index (χ1v) is 12.3. The van der Waals surface area contributed by atoms with Gasteiger partial charge in [-0.1, -0.05) is 36.4 Å². The summed E-state index contributed by atoms with van der Waals surface area (Å²) in [7, 11) is 0. The molecule has 0 unspecified atom stereocenters. The second-order valence-corrected chi connectivity index (χ2v) is 9.87. The van der Waals surface area contributed by atoms with Crippen molar-refractivity contribution in [3.63, 3.8) is 0 Å². The van der Waals surface area contributed by atoms with Crippen molar-refractivity contribution in [3.05, 3.63) is 101 Å². The lowest BCUT2D eigenvalue weighted by Gasteiger charge is -2.32. The summed E-state index contributed by atoms with van der Waals surface area (Å²) in [6, 6.07) is 17.6. The van der Waals surface area contributed by atoms with Gasteiger partial charge in [0.25, 0.3) is 5.91 Å². The number of nitrogens with zero attached hydrogens (tertiary/aromatic N) is 2. The zero-order valence-corrected chi connectivity index (χ0v) is 20.8. The van der Waals surface area contributed by atoms with E-state index >= 15 is 0 Å².